The van der Waals surface area contributed by atoms with Crippen molar-refractivity contribution in [3.8, 4) is 5.69 Å². The summed E-state index contributed by atoms with van der Waals surface area (Å²) < 4.78 is 25.2. The van der Waals surface area contributed by atoms with E-state index in [1.165, 1.54) is 0 Å². The summed E-state index contributed by atoms with van der Waals surface area (Å²) in [6.07, 6.45) is -0.403. The lowest BCUT2D eigenvalue weighted by Crippen LogP contribution is -2.45. The smallest absolute Gasteiger partial charge is 0.312 e. The number of aromatic nitrogens is 2. The number of rotatable bonds is 5. The monoisotopic (exact) mass is 530 g/mol. The van der Waals surface area contributed by atoms with Gasteiger partial charge in [0, 0.05) is 35.3 Å². The van der Waals surface area contributed by atoms with Gasteiger partial charge < -0.3 is 11.1 Å². The summed E-state index contributed by atoms with van der Waals surface area (Å²) >= 11 is 5.92. The molecule has 11 heteroatoms. The van der Waals surface area contributed by atoms with Crippen LogP contribution in [-0.4, -0.2) is 53.7 Å². The summed E-state index contributed by atoms with van der Waals surface area (Å²) in [6.45, 7) is 6.99. The van der Waals surface area contributed by atoms with Crippen LogP contribution in [0.5, 0.6) is 0 Å². The highest BCUT2D eigenvalue weighted by atomic mass is 35.5. The number of benzene rings is 2. The number of nitrogens with two attached hydrogens (primary N) is 1. The maximum atomic E-state index is 12.7. The standard InChI is InChI=1S/C25H31ClN6O3S/c1-25(2,3)21-16-22(29-24(33)28-19-8-6-18(26)7-9-19)32(30-21)20-10-4-17(5-11-20)23(27)31-12-14-36(34,35)15-13-31/h4-11,16,23H,12-15,27H2,1-3H3,(H2,28,29,33). The molecular weight excluding hydrogens is 500 g/mol. The highest BCUT2D eigenvalue weighted by molar-refractivity contribution is 7.91. The van der Waals surface area contributed by atoms with E-state index in [0.29, 0.717) is 29.6 Å². The molecular formula is C25H31ClN6O3S. The molecule has 2 amide bonds. The average molecular weight is 531 g/mol. The number of anilines is 2. The SMILES string of the molecule is CC(C)(C)c1cc(NC(=O)Nc2ccc(Cl)cc2)n(-c2ccc(C(N)N3CCS(=O)(=O)CC3)cc2)n1. The number of hydrogen-bond acceptors (Lipinski definition) is 6. The number of halogens is 1. The zero-order valence-electron chi connectivity index (χ0n) is 20.5. The highest BCUT2D eigenvalue weighted by Gasteiger charge is 2.26. The van der Waals surface area contributed by atoms with Crippen molar-refractivity contribution in [3.63, 3.8) is 0 Å². The molecule has 1 aliphatic rings. The second-order valence-electron chi connectivity index (χ2n) is 9.89. The molecule has 2 heterocycles. The van der Waals surface area contributed by atoms with Crippen LogP contribution in [0.1, 0.15) is 38.2 Å². The third-order valence-corrected chi connectivity index (χ3v) is 7.93. The molecule has 0 radical (unpaired) electrons. The largest absolute Gasteiger partial charge is 0.324 e. The Hall–Kier alpha value is -2.92. The van der Waals surface area contributed by atoms with Gasteiger partial charge in [0.2, 0.25) is 0 Å². The van der Waals surface area contributed by atoms with Crippen molar-refractivity contribution < 1.29 is 13.2 Å². The average Bonchev–Trinajstić information content (AvgIpc) is 3.24. The van der Waals surface area contributed by atoms with Gasteiger partial charge in [0.25, 0.3) is 0 Å². The van der Waals surface area contributed by atoms with E-state index >= 15 is 0 Å². The topological polar surface area (TPSA) is 122 Å². The molecule has 1 atom stereocenters. The van der Waals surface area contributed by atoms with Crippen molar-refractivity contribution in [2.24, 2.45) is 5.73 Å². The molecule has 36 heavy (non-hydrogen) atoms. The highest BCUT2D eigenvalue weighted by Crippen LogP contribution is 2.27. The van der Waals surface area contributed by atoms with Crippen LogP contribution in [-0.2, 0) is 15.3 Å². The summed E-state index contributed by atoms with van der Waals surface area (Å²) in [5, 5.41) is 11.0. The zero-order chi connectivity index (χ0) is 26.1. The van der Waals surface area contributed by atoms with Gasteiger partial charge in [0.1, 0.15) is 5.82 Å². The Morgan fingerprint density at radius 1 is 1.03 bits per heavy atom. The first-order valence-corrected chi connectivity index (χ1v) is 13.9. The van der Waals surface area contributed by atoms with Crippen molar-refractivity contribution >= 4 is 39.0 Å². The molecule has 1 unspecified atom stereocenters. The Labute approximate surface area is 216 Å². The number of carbonyl (C=O) groups excluding carboxylic acids is 1. The van der Waals surface area contributed by atoms with E-state index < -0.39 is 22.0 Å². The molecule has 0 aliphatic carbocycles. The van der Waals surface area contributed by atoms with Crippen molar-refractivity contribution in [1.82, 2.24) is 14.7 Å². The van der Waals surface area contributed by atoms with Crippen molar-refractivity contribution in [2.75, 3.05) is 35.2 Å². The predicted octanol–water partition coefficient (Wildman–Crippen LogP) is 4.15. The molecule has 9 nitrogen and oxygen atoms in total. The van der Waals surface area contributed by atoms with Gasteiger partial charge in [-0.05, 0) is 42.0 Å². The Bertz CT molecular complexity index is 1320. The number of carbonyl (C=O) groups is 1. The predicted molar refractivity (Wildman–Crippen MR) is 144 cm³/mol. The lowest BCUT2D eigenvalue weighted by molar-refractivity contribution is 0.219. The molecule has 0 bridgehead atoms. The van der Waals surface area contributed by atoms with Crippen LogP contribution >= 0.6 is 11.6 Å². The van der Waals surface area contributed by atoms with E-state index in [-0.39, 0.29) is 16.9 Å². The van der Waals surface area contributed by atoms with Crippen LogP contribution in [0.4, 0.5) is 16.3 Å². The maximum absolute atomic E-state index is 12.7. The van der Waals surface area contributed by atoms with Gasteiger partial charge in [0.15, 0.2) is 9.84 Å². The normalized spacial score (nSPS) is 16.9. The van der Waals surface area contributed by atoms with E-state index in [1.54, 1.807) is 28.9 Å². The van der Waals surface area contributed by atoms with Gasteiger partial charge in [-0.1, -0.05) is 44.5 Å². The van der Waals surface area contributed by atoms with E-state index in [1.807, 2.05) is 35.2 Å². The van der Waals surface area contributed by atoms with Gasteiger partial charge in [-0.3, -0.25) is 10.2 Å². The first kappa shape index (κ1) is 26.2. The van der Waals surface area contributed by atoms with Crippen LogP contribution in [0.25, 0.3) is 5.69 Å². The molecule has 2 aromatic carbocycles. The Morgan fingerprint density at radius 3 is 2.22 bits per heavy atom. The molecule has 4 N–H and O–H groups in total. The van der Waals surface area contributed by atoms with Gasteiger partial charge in [-0.2, -0.15) is 5.10 Å². The Morgan fingerprint density at radius 2 is 1.64 bits per heavy atom. The fourth-order valence-corrected chi connectivity index (χ4v) is 5.23. The Kier molecular flexibility index (Phi) is 7.42. The van der Waals surface area contributed by atoms with E-state index in [0.717, 1.165) is 16.9 Å². The second kappa shape index (κ2) is 10.2. The minimum absolute atomic E-state index is 0.120. The number of nitrogens with zero attached hydrogens (tertiary/aromatic N) is 3. The van der Waals surface area contributed by atoms with Gasteiger partial charge in [-0.15, -0.1) is 0 Å². The molecule has 1 saturated heterocycles. The summed E-state index contributed by atoms with van der Waals surface area (Å²) in [5.74, 6) is 0.758. The Balaban J connectivity index is 1.54. The molecule has 192 valence electrons. The number of sulfone groups is 1. The van der Waals surface area contributed by atoms with Crippen molar-refractivity contribution in [2.45, 2.75) is 32.4 Å². The summed E-state index contributed by atoms with van der Waals surface area (Å²) in [7, 11) is -2.98. The van der Waals surface area contributed by atoms with Crippen molar-refractivity contribution in [3.05, 3.63) is 70.9 Å². The fourth-order valence-electron chi connectivity index (χ4n) is 3.87. The molecule has 1 aliphatic heterocycles. The fraction of sp³-hybridized carbons (Fsp3) is 0.360. The first-order valence-electron chi connectivity index (χ1n) is 11.7. The molecule has 1 fully saturated rings. The minimum Gasteiger partial charge on any atom is -0.312 e. The van der Waals surface area contributed by atoms with Gasteiger partial charge in [0.05, 0.1) is 29.1 Å². The lowest BCUT2D eigenvalue weighted by Gasteiger charge is -2.32. The quantitative estimate of drug-likeness (QED) is 0.455. The van der Waals surface area contributed by atoms with E-state index in [2.05, 4.69) is 31.4 Å². The lowest BCUT2D eigenvalue weighted by atomic mass is 9.92. The third kappa shape index (κ3) is 6.25. The number of nitrogens with one attached hydrogen (secondary N) is 2. The molecule has 4 rings (SSSR count). The zero-order valence-corrected chi connectivity index (χ0v) is 22.1. The second-order valence-corrected chi connectivity index (χ2v) is 12.6. The molecule has 3 aromatic rings. The number of urea groups is 1. The van der Waals surface area contributed by atoms with Crippen LogP contribution in [0.3, 0.4) is 0 Å². The molecule has 1 aromatic heterocycles. The van der Waals surface area contributed by atoms with Crippen molar-refractivity contribution in [1.29, 1.82) is 0 Å². The molecule has 0 saturated carbocycles. The summed E-state index contributed by atoms with van der Waals surface area (Å²) in [6, 6.07) is 15.9. The van der Waals surface area contributed by atoms with Crippen LogP contribution in [0.15, 0.2) is 54.6 Å². The van der Waals surface area contributed by atoms with Crippen LogP contribution in [0.2, 0.25) is 5.02 Å². The van der Waals surface area contributed by atoms with Gasteiger partial charge >= 0.3 is 6.03 Å². The summed E-state index contributed by atoms with van der Waals surface area (Å²) in [5.41, 5.74) is 9.25. The van der Waals surface area contributed by atoms with E-state index in [9.17, 15) is 13.2 Å². The summed E-state index contributed by atoms with van der Waals surface area (Å²) in [4.78, 5) is 14.7. The third-order valence-electron chi connectivity index (χ3n) is 6.07. The van der Waals surface area contributed by atoms with Crippen LogP contribution < -0.4 is 16.4 Å². The number of amides is 2. The first-order chi connectivity index (χ1) is 16.9. The van der Waals surface area contributed by atoms with E-state index in [4.69, 9.17) is 22.4 Å². The minimum atomic E-state index is -2.98. The van der Waals surface area contributed by atoms with Crippen LogP contribution in [0, 0.1) is 0 Å². The van der Waals surface area contributed by atoms with Gasteiger partial charge in [-0.25, -0.2) is 17.9 Å². The number of hydrogen-bond donors (Lipinski definition) is 3. The maximum Gasteiger partial charge on any atom is 0.324 e. The molecule has 0 spiro atoms.